The molecule has 0 saturated heterocycles. The van der Waals surface area contributed by atoms with Crippen LogP contribution in [0.2, 0.25) is 0 Å². The summed E-state index contributed by atoms with van der Waals surface area (Å²) in [6.07, 6.45) is -0.771. The fourth-order valence-corrected chi connectivity index (χ4v) is 0.903. The van der Waals surface area contributed by atoms with Gasteiger partial charge in [-0.1, -0.05) is 30.3 Å². The van der Waals surface area contributed by atoms with E-state index < -0.39 is 12.1 Å². The van der Waals surface area contributed by atoms with Gasteiger partial charge in [-0.05, 0) is 5.56 Å². The van der Waals surface area contributed by atoms with Crippen LogP contribution in [0.1, 0.15) is 5.56 Å². The first-order chi connectivity index (χ1) is 7.72. The van der Waals surface area contributed by atoms with Crippen molar-refractivity contribution in [1.29, 1.82) is 0 Å². The maximum atomic E-state index is 11.0. The second-order valence-corrected chi connectivity index (χ2v) is 2.79. The van der Waals surface area contributed by atoms with Crippen LogP contribution in [-0.2, 0) is 11.3 Å². The fourth-order valence-electron chi connectivity index (χ4n) is 0.903. The van der Waals surface area contributed by atoms with Crippen LogP contribution in [0, 0.1) is 0 Å². The lowest BCUT2D eigenvalue weighted by molar-refractivity contribution is 0.135. The number of hydrogen-bond donors (Lipinski definition) is 4. The Labute approximate surface area is 91.9 Å². The van der Waals surface area contributed by atoms with E-state index in [1.54, 1.807) is 5.43 Å². The van der Waals surface area contributed by atoms with Gasteiger partial charge in [-0.25, -0.2) is 26.3 Å². The molecule has 7 nitrogen and oxygen atoms in total. The molecule has 7 heteroatoms. The maximum Gasteiger partial charge on any atom is 0.426 e. The minimum absolute atomic E-state index is 0.124. The molecule has 0 saturated carbocycles. The summed E-state index contributed by atoms with van der Waals surface area (Å²) in [5, 5.41) is 0. The molecule has 1 aromatic carbocycles. The maximum absolute atomic E-state index is 11.0. The predicted molar refractivity (Wildman–Crippen MR) is 55.6 cm³/mol. The number of ether oxygens (including phenoxy) is 1. The molecule has 1 rings (SSSR count). The highest BCUT2D eigenvalue weighted by Gasteiger charge is 2.03. The molecule has 0 bridgehead atoms. The Morgan fingerprint density at radius 1 is 1.19 bits per heavy atom. The summed E-state index contributed by atoms with van der Waals surface area (Å²) in [6.45, 7) is 0.124. The van der Waals surface area contributed by atoms with E-state index >= 15 is 0 Å². The van der Waals surface area contributed by atoms with E-state index in [-0.39, 0.29) is 6.61 Å². The summed E-state index contributed by atoms with van der Waals surface area (Å²) in [6, 6.07) is 8.40. The number of hydrazine groups is 2. The van der Waals surface area contributed by atoms with Gasteiger partial charge in [0.2, 0.25) is 0 Å². The van der Waals surface area contributed by atoms with Crippen molar-refractivity contribution in [3.63, 3.8) is 0 Å². The Morgan fingerprint density at radius 3 is 2.50 bits per heavy atom. The monoisotopic (exact) mass is 224 g/mol. The fraction of sp³-hybridized carbons (Fsp3) is 0.111. The third kappa shape index (κ3) is 4.29. The molecule has 0 aromatic heterocycles. The van der Waals surface area contributed by atoms with E-state index in [4.69, 9.17) is 10.6 Å². The third-order valence-electron chi connectivity index (χ3n) is 1.62. The molecule has 16 heavy (non-hydrogen) atoms. The molecule has 3 amide bonds. The molecule has 0 aliphatic carbocycles. The Morgan fingerprint density at radius 2 is 1.88 bits per heavy atom. The number of carbonyl (C=O) groups excluding carboxylic acids is 2. The number of carbonyl (C=O) groups is 2. The molecule has 0 heterocycles. The summed E-state index contributed by atoms with van der Waals surface area (Å²) in [7, 11) is 0. The molecule has 1 aromatic rings. The van der Waals surface area contributed by atoms with Gasteiger partial charge in [0.25, 0.3) is 0 Å². The van der Waals surface area contributed by atoms with E-state index in [2.05, 4.69) is 0 Å². The van der Waals surface area contributed by atoms with Gasteiger partial charge >= 0.3 is 12.1 Å². The SMILES string of the molecule is NNC(=O)NNC(=O)OCc1ccccc1. The molecule has 86 valence electrons. The first-order valence-electron chi connectivity index (χ1n) is 4.45. The van der Waals surface area contributed by atoms with Gasteiger partial charge in [0.05, 0.1) is 0 Å². The first-order valence-corrected chi connectivity index (χ1v) is 4.45. The lowest BCUT2D eigenvalue weighted by Gasteiger charge is -2.07. The van der Waals surface area contributed by atoms with Crippen LogP contribution in [0.15, 0.2) is 30.3 Å². The Hall–Kier alpha value is -2.28. The average molecular weight is 224 g/mol. The van der Waals surface area contributed by atoms with Crippen molar-refractivity contribution in [2.45, 2.75) is 6.61 Å². The minimum atomic E-state index is -0.771. The van der Waals surface area contributed by atoms with Gasteiger partial charge in [-0.3, -0.25) is 5.43 Å². The number of urea groups is 1. The molecule has 5 N–H and O–H groups in total. The zero-order chi connectivity index (χ0) is 11.8. The summed E-state index contributed by atoms with van der Waals surface area (Å²) < 4.78 is 4.79. The average Bonchev–Trinajstić information content (AvgIpc) is 2.34. The molecule has 0 aliphatic rings. The number of amides is 3. The van der Waals surface area contributed by atoms with Crippen LogP contribution >= 0.6 is 0 Å². The zero-order valence-electron chi connectivity index (χ0n) is 8.40. The van der Waals surface area contributed by atoms with Gasteiger partial charge in [0, 0.05) is 0 Å². The van der Waals surface area contributed by atoms with E-state index in [0.717, 1.165) is 5.56 Å². The predicted octanol–water partition coefficient (Wildman–Crippen LogP) is 0.000700. The highest BCUT2D eigenvalue weighted by molar-refractivity contribution is 5.76. The first kappa shape index (κ1) is 11.8. The van der Waals surface area contributed by atoms with E-state index in [1.165, 1.54) is 0 Å². The summed E-state index contributed by atoms with van der Waals surface area (Å²) in [4.78, 5) is 21.6. The quantitative estimate of drug-likeness (QED) is 0.322. The van der Waals surface area contributed by atoms with Crippen molar-refractivity contribution < 1.29 is 14.3 Å². The van der Waals surface area contributed by atoms with Crippen LogP contribution in [-0.4, -0.2) is 12.1 Å². The van der Waals surface area contributed by atoms with Crippen LogP contribution in [0.4, 0.5) is 9.59 Å². The molecule has 0 radical (unpaired) electrons. The normalized spacial score (nSPS) is 9.06. The topological polar surface area (TPSA) is 105 Å². The number of rotatable bonds is 2. The van der Waals surface area contributed by atoms with E-state index in [1.807, 2.05) is 41.2 Å². The standard InChI is InChI=1S/C9H12N4O3/c10-11-8(14)12-13-9(15)16-6-7-4-2-1-3-5-7/h1-5H,6,10H2,(H,13,15)(H2,11,12,14). The molecular formula is C9H12N4O3. The van der Waals surface area contributed by atoms with Gasteiger partial charge in [0.15, 0.2) is 0 Å². The molecule has 0 atom stereocenters. The van der Waals surface area contributed by atoms with Crippen molar-refractivity contribution in [2.24, 2.45) is 5.84 Å². The molecule has 0 fully saturated rings. The van der Waals surface area contributed by atoms with Crippen molar-refractivity contribution >= 4 is 12.1 Å². The van der Waals surface area contributed by atoms with Crippen molar-refractivity contribution in [3.05, 3.63) is 35.9 Å². The van der Waals surface area contributed by atoms with Crippen LogP contribution in [0.5, 0.6) is 0 Å². The minimum Gasteiger partial charge on any atom is -0.443 e. The Balaban J connectivity index is 2.23. The lowest BCUT2D eigenvalue weighted by Crippen LogP contribution is -2.49. The Bertz CT molecular complexity index is 355. The highest BCUT2D eigenvalue weighted by Crippen LogP contribution is 1.99. The van der Waals surface area contributed by atoms with Gasteiger partial charge < -0.3 is 4.74 Å². The molecular weight excluding hydrogens is 212 g/mol. The number of nitrogens with one attached hydrogen (secondary N) is 3. The lowest BCUT2D eigenvalue weighted by atomic mass is 10.2. The number of hydrogen-bond acceptors (Lipinski definition) is 4. The van der Waals surface area contributed by atoms with Gasteiger partial charge in [0.1, 0.15) is 6.61 Å². The number of nitrogens with two attached hydrogens (primary N) is 1. The van der Waals surface area contributed by atoms with Crippen LogP contribution < -0.4 is 22.1 Å². The van der Waals surface area contributed by atoms with Crippen LogP contribution in [0.3, 0.4) is 0 Å². The van der Waals surface area contributed by atoms with E-state index in [0.29, 0.717) is 0 Å². The second-order valence-electron chi connectivity index (χ2n) is 2.79. The summed E-state index contributed by atoms with van der Waals surface area (Å²) >= 11 is 0. The third-order valence-corrected chi connectivity index (χ3v) is 1.62. The van der Waals surface area contributed by atoms with Crippen LogP contribution in [0.25, 0.3) is 0 Å². The summed E-state index contributed by atoms with van der Waals surface area (Å²) in [5.74, 6) is 4.77. The van der Waals surface area contributed by atoms with Gasteiger partial charge in [-0.15, -0.1) is 0 Å². The van der Waals surface area contributed by atoms with E-state index in [9.17, 15) is 9.59 Å². The largest absolute Gasteiger partial charge is 0.443 e. The van der Waals surface area contributed by atoms with Gasteiger partial charge in [-0.2, -0.15) is 0 Å². The smallest absolute Gasteiger partial charge is 0.426 e. The molecule has 0 unspecified atom stereocenters. The zero-order valence-corrected chi connectivity index (χ0v) is 8.40. The molecule has 0 spiro atoms. The molecule has 0 aliphatic heterocycles. The highest BCUT2D eigenvalue weighted by atomic mass is 16.6. The Kier molecular flexibility index (Phi) is 4.61. The van der Waals surface area contributed by atoms with Crippen molar-refractivity contribution in [3.8, 4) is 0 Å². The van der Waals surface area contributed by atoms with Crippen molar-refractivity contribution in [1.82, 2.24) is 16.3 Å². The summed E-state index contributed by atoms with van der Waals surface area (Å²) in [5.41, 5.74) is 6.59. The second kappa shape index (κ2) is 6.25. The van der Waals surface area contributed by atoms with Crippen molar-refractivity contribution in [2.75, 3.05) is 0 Å². The number of benzene rings is 1.